The standard InChI is InChI=1S/C19H36N4O5S3/c1-11(2)9-14(17(25)21-13(19(27)28)6-8-31-4)22-18(26)15(10-29)23-16(24)12(20)5-7-30-3/h11-15,29H,5-10,20H2,1-4H3,(H,21,25)(H,22,26)(H,23,24)(H,27,28). The first kappa shape index (κ1) is 29.9. The lowest BCUT2D eigenvalue weighted by molar-refractivity contribution is -0.142. The highest BCUT2D eigenvalue weighted by molar-refractivity contribution is 7.98. The monoisotopic (exact) mass is 496 g/mol. The smallest absolute Gasteiger partial charge is 0.326 e. The Morgan fingerprint density at radius 1 is 0.871 bits per heavy atom. The molecule has 0 saturated carbocycles. The first-order chi connectivity index (χ1) is 14.6. The zero-order valence-electron chi connectivity index (χ0n) is 18.6. The molecule has 180 valence electrons. The molecule has 9 nitrogen and oxygen atoms in total. The number of hydrogen-bond donors (Lipinski definition) is 6. The van der Waals surface area contributed by atoms with Gasteiger partial charge in [-0.2, -0.15) is 36.2 Å². The number of nitrogens with one attached hydrogen (secondary N) is 3. The second-order valence-corrected chi connectivity index (χ2v) is 9.84. The van der Waals surface area contributed by atoms with Crippen LogP contribution in [-0.2, 0) is 19.2 Å². The topological polar surface area (TPSA) is 151 Å². The van der Waals surface area contributed by atoms with E-state index in [-0.39, 0.29) is 18.1 Å². The second kappa shape index (κ2) is 16.5. The van der Waals surface area contributed by atoms with Crippen LogP contribution in [0, 0.1) is 5.92 Å². The molecule has 0 heterocycles. The summed E-state index contributed by atoms with van der Waals surface area (Å²) >= 11 is 7.18. The van der Waals surface area contributed by atoms with E-state index in [0.717, 1.165) is 0 Å². The van der Waals surface area contributed by atoms with Crippen molar-refractivity contribution in [3.05, 3.63) is 0 Å². The molecule has 0 rings (SSSR count). The molecule has 0 aromatic rings. The Balaban J connectivity index is 5.17. The maximum Gasteiger partial charge on any atom is 0.326 e. The highest BCUT2D eigenvalue weighted by Crippen LogP contribution is 2.08. The van der Waals surface area contributed by atoms with Gasteiger partial charge in [-0.1, -0.05) is 13.8 Å². The summed E-state index contributed by atoms with van der Waals surface area (Å²) in [6.07, 6.45) is 4.81. The second-order valence-electron chi connectivity index (χ2n) is 7.50. The van der Waals surface area contributed by atoms with Crippen molar-refractivity contribution in [1.82, 2.24) is 16.0 Å². The fourth-order valence-corrected chi connectivity index (χ4v) is 3.81. The van der Waals surface area contributed by atoms with Crippen LogP contribution in [0.2, 0.25) is 0 Å². The third-order valence-corrected chi connectivity index (χ3v) is 6.00. The minimum atomic E-state index is -1.13. The van der Waals surface area contributed by atoms with Gasteiger partial charge in [0.2, 0.25) is 17.7 Å². The van der Waals surface area contributed by atoms with Crippen LogP contribution < -0.4 is 21.7 Å². The van der Waals surface area contributed by atoms with E-state index in [1.54, 1.807) is 11.8 Å². The predicted molar refractivity (Wildman–Crippen MR) is 131 cm³/mol. The van der Waals surface area contributed by atoms with Crippen molar-refractivity contribution in [3.8, 4) is 0 Å². The van der Waals surface area contributed by atoms with Crippen LogP contribution >= 0.6 is 36.2 Å². The Hall–Kier alpha value is -1.11. The number of carboxylic acids is 1. The Bertz CT molecular complexity index is 595. The van der Waals surface area contributed by atoms with E-state index >= 15 is 0 Å². The molecule has 4 atom stereocenters. The first-order valence-corrected chi connectivity index (χ1v) is 13.5. The van der Waals surface area contributed by atoms with Crippen molar-refractivity contribution in [1.29, 1.82) is 0 Å². The normalized spacial score (nSPS) is 14.9. The molecule has 31 heavy (non-hydrogen) atoms. The summed E-state index contributed by atoms with van der Waals surface area (Å²) in [6.45, 7) is 3.77. The number of amides is 3. The number of carbonyl (C=O) groups is 4. The molecule has 0 aromatic carbocycles. The van der Waals surface area contributed by atoms with Crippen molar-refractivity contribution in [2.45, 2.75) is 57.3 Å². The quantitative estimate of drug-likeness (QED) is 0.167. The van der Waals surface area contributed by atoms with Gasteiger partial charge in [0.25, 0.3) is 0 Å². The molecule has 0 aliphatic carbocycles. The van der Waals surface area contributed by atoms with E-state index in [1.165, 1.54) is 11.8 Å². The van der Waals surface area contributed by atoms with Crippen LogP contribution in [0.5, 0.6) is 0 Å². The number of rotatable bonds is 16. The molecule has 12 heteroatoms. The van der Waals surface area contributed by atoms with E-state index in [1.807, 2.05) is 26.4 Å². The maximum absolute atomic E-state index is 12.7. The summed E-state index contributed by atoms with van der Waals surface area (Å²) in [4.78, 5) is 49.1. The van der Waals surface area contributed by atoms with Crippen LogP contribution in [0.25, 0.3) is 0 Å². The van der Waals surface area contributed by atoms with Gasteiger partial charge < -0.3 is 26.8 Å². The number of thioether (sulfide) groups is 2. The van der Waals surface area contributed by atoms with Crippen LogP contribution in [0.3, 0.4) is 0 Å². The van der Waals surface area contributed by atoms with Crippen molar-refractivity contribution >= 4 is 59.8 Å². The molecular weight excluding hydrogens is 460 g/mol. The highest BCUT2D eigenvalue weighted by Gasteiger charge is 2.30. The van der Waals surface area contributed by atoms with E-state index in [9.17, 15) is 24.3 Å². The number of thiol groups is 1. The van der Waals surface area contributed by atoms with Gasteiger partial charge in [0.05, 0.1) is 6.04 Å². The summed E-state index contributed by atoms with van der Waals surface area (Å²) < 4.78 is 0. The van der Waals surface area contributed by atoms with Gasteiger partial charge in [0, 0.05) is 5.75 Å². The lowest BCUT2D eigenvalue weighted by atomic mass is 10.0. The molecule has 0 bridgehead atoms. The van der Waals surface area contributed by atoms with Gasteiger partial charge in [0.15, 0.2) is 0 Å². The Morgan fingerprint density at radius 2 is 1.35 bits per heavy atom. The summed E-state index contributed by atoms with van der Waals surface area (Å²) in [5.74, 6) is -1.36. The van der Waals surface area contributed by atoms with Crippen molar-refractivity contribution < 1.29 is 24.3 Å². The van der Waals surface area contributed by atoms with Gasteiger partial charge in [0.1, 0.15) is 18.1 Å². The number of hydrogen-bond acceptors (Lipinski definition) is 8. The summed E-state index contributed by atoms with van der Waals surface area (Å²) in [7, 11) is 0. The number of carbonyl (C=O) groups excluding carboxylic acids is 3. The van der Waals surface area contributed by atoms with E-state index < -0.39 is 47.9 Å². The van der Waals surface area contributed by atoms with Gasteiger partial charge in [-0.3, -0.25) is 14.4 Å². The highest BCUT2D eigenvalue weighted by atomic mass is 32.2. The Kier molecular flexibility index (Phi) is 15.9. The fraction of sp³-hybridized carbons (Fsp3) is 0.789. The van der Waals surface area contributed by atoms with E-state index in [0.29, 0.717) is 24.3 Å². The van der Waals surface area contributed by atoms with Gasteiger partial charge in [-0.15, -0.1) is 0 Å². The average molecular weight is 497 g/mol. The van der Waals surface area contributed by atoms with Gasteiger partial charge >= 0.3 is 5.97 Å². The van der Waals surface area contributed by atoms with Crippen LogP contribution in [0.4, 0.5) is 0 Å². The number of aliphatic carboxylic acids is 1. The first-order valence-electron chi connectivity index (χ1n) is 10.1. The van der Waals surface area contributed by atoms with Crippen LogP contribution in [-0.4, -0.2) is 82.7 Å². The molecule has 0 spiro atoms. The van der Waals surface area contributed by atoms with Crippen LogP contribution in [0.1, 0.15) is 33.1 Å². The molecule has 0 fully saturated rings. The zero-order chi connectivity index (χ0) is 24.0. The third kappa shape index (κ3) is 12.5. The lowest BCUT2D eigenvalue weighted by Crippen LogP contribution is -2.58. The number of nitrogens with two attached hydrogens (primary N) is 1. The fourth-order valence-electron chi connectivity index (χ4n) is 2.59. The maximum atomic E-state index is 12.7. The summed E-state index contributed by atoms with van der Waals surface area (Å²) in [5, 5.41) is 17.1. The lowest BCUT2D eigenvalue weighted by Gasteiger charge is -2.25. The van der Waals surface area contributed by atoms with E-state index in [2.05, 4.69) is 28.6 Å². The minimum absolute atomic E-state index is 0.0221. The van der Waals surface area contributed by atoms with Crippen molar-refractivity contribution in [2.24, 2.45) is 11.7 Å². The zero-order valence-corrected chi connectivity index (χ0v) is 21.1. The SMILES string of the molecule is CSCCC(N)C(=O)NC(CS)C(=O)NC(CC(C)C)C(=O)NC(CCSC)C(=O)O. The molecule has 0 aromatic heterocycles. The number of carboxylic acid groups (broad SMARTS) is 1. The molecular formula is C19H36N4O5S3. The van der Waals surface area contributed by atoms with Gasteiger partial charge in [-0.05, 0) is 49.2 Å². The largest absolute Gasteiger partial charge is 0.480 e. The molecule has 0 saturated heterocycles. The molecule has 0 aliphatic heterocycles. The van der Waals surface area contributed by atoms with Crippen LogP contribution in [0.15, 0.2) is 0 Å². The average Bonchev–Trinajstić information content (AvgIpc) is 2.71. The van der Waals surface area contributed by atoms with Gasteiger partial charge in [-0.25, -0.2) is 4.79 Å². The summed E-state index contributed by atoms with van der Waals surface area (Å²) in [6, 6.07) is -3.69. The predicted octanol–water partition coefficient (Wildman–Crippen LogP) is 0.335. The minimum Gasteiger partial charge on any atom is -0.480 e. The van der Waals surface area contributed by atoms with Crippen molar-refractivity contribution in [2.75, 3.05) is 29.8 Å². The Labute approximate surface area is 198 Å². The Morgan fingerprint density at radius 3 is 1.84 bits per heavy atom. The molecule has 4 unspecified atom stereocenters. The van der Waals surface area contributed by atoms with Crippen molar-refractivity contribution in [3.63, 3.8) is 0 Å². The molecule has 0 radical (unpaired) electrons. The third-order valence-electron chi connectivity index (χ3n) is 4.35. The summed E-state index contributed by atoms with van der Waals surface area (Å²) in [5.41, 5.74) is 5.84. The molecule has 0 aliphatic rings. The molecule has 6 N–H and O–H groups in total. The molecule has 3 amide bonds. The van der Waals surface area contributed by atoms with E-state index in [4.69, 9.17) is 5.73 Å².